The number of alkyl carbamates (subject to hydrolysis) is 1. The maximum Gasteiger partial charge on any atom is 0.407 e. The number of carbonyl (C=O) groups excluding carboxylic acids is 3. The van der Waals surface area contributed by atoms with Crippen molar-refractivity contribution in [2.24, 2.45) is 10.8 Å². The zero-order valence-electron chi connectivity index (χ0n) is 23.5. The van der Waals surface area contributed by atoms with Gasteiger partial charge in [0, 0.05) is 49.5 Å². The number of benzene rings is 1. The molecule has 0 bridgehead atoms. The average molecular weight is 528 g/mol. The fraction of sp³-hybridized carbons (Fsp3) is 0.621. The van der Waals surface area contributed by atoms with Crippen LogP contribution in [0.4, 0.5) is 15.3 Å². The van der Waals surface area contributed by atoms with Gasteiger partial charge in [-0.25, -0.2) is 14.4 Å². The van der Waals surface area contributed by atoms with Crippen LogP contribution < -0.4 is 15.5 Å². The lowest BCUT2D eigenvalue weighted by molar-refractivity contribution is -0.139. The number of esters is 1. The first-order chi connectivity index (χ1) is 17.9. The van der Waals surface area contributed by atoms with E-state index in [1.807, 2.05) is 29.2 Å². The Kier molecular flexibility index (Phi) is 9.68. The lowest BCUT2D eigenvalue weighted by Gasteiger charge is -2.47. The number of hydrogen-bond acceptors (Lipinski definition) is 6. The molecule has 1 radical (unpaired) electrons. The molecule has 1 aliphatic heterocycles. The predicted octanol–water partition coefficient (Wildman–Crippen LogP) is 4.14. The van der Waals surface area contributed by atoms with E-state index in [9.17, 15) is 14.4 Å². The number of nitrogens with zero attached hydrogens (tertiary/aromatic N) is 2. The van der Waals surface area contributed by atoms with Crippen molar-refractivity contribution in [3.8, 4) is 0 Å². The van der Waals surface area contributed by atoms with Crippen molar-refractivity contribution in [3.63, 3.8) is 0 Å². The first-order valence-corrected chi connectivity index (χ1v) is 13.4. The summed E-state index contributed by atoms with van der Waals surface area (Å²) in [7, 11) is 0. The fourth-order valence-corrected chi connectivity index (χ4v) is 5.94. The summed E-state index contributed by atoms with van der Waals surface area (Å²) in [6.07, 6.45) is 1.93. The van der Waals surface area contributed by atoms with Crippen molar-refractivity contribution in [3.05, 3.63) is 42.5 Å². The molecule has 3 atom stereocenters. The molecule has 1 aromatic rings. The van der Waals surface area contributed by atoms with Gasteiger partial charge in [0.25, 0.3) is 0 Å². The molecular formula is C29H43N4O5. The summed E-state index contributed by atoms with van der Waals surface area (Å²) in [6.45, 7) is 16.4. The molecule has 2 aliphatic rings. The summed E-state index contributed by atoms with van der Waals surface area (Å²) in [4.78, 5) is 41.2. The summed E-state index contributed by atoms with van der Waals surface area (Å²) in [5.74, 6) is -0.507. The van der Waals surface area contributed by atoms with Crippen LogP contribution >= 0.6 is 0 Å². The van der Waals surface area contributed by atoms with Gasteiger partial charge in [0.2, 0.25) is 0 Å². The van der Waals surface area contributed by atoms with Gasteiger partial charge in [-0.2, -0.15) is 0 Å². The van der Waals surface area contributed by atoms with Crippen molar-refractivity contribution < 1.29 is 23.9 Å². The van der Waals surface area contributed by atoms with Crippen LogP contribution in [0.3, 0.4) is 0 Å². The van der Waals surface area contributed by atoms with Gasteiger partial charge in [0.15, 0.2) is 0 Å². The van der Waals surface area contributed by atoms with E-state index in [0.717, 1.165) is 38.0 Å². The number of ether oxygens (including phenoxy) is 2. The van der Waals surface area contributed by atoms with E-state index in [2.05, 4.69) is 55.9 Å². The second kappa shape index (κ2) is 12.5. The van der Waals surface area contributed by atoms with Gasteiger partial charge in [0.1, 0.15) is 13.2 Å². The largest absolute Gasteiger partial charge is 0.459 e. The normalized spacial score (nSPS) is 24.8. The Morgan fingerprint density at radius 1 is 1.11 bits per heavy atom. The lowest BCUT2D eigenvalue weighted by Crippen LogP contribution is -2.58. The number of urea groups is 1. The smallest absolute Gasteiger partial charge is 0.407 e. The van der Waals surface area contributed by atoms with Gasteiger partial charge < -0.3 is 29.9 Å². The van der Waals surface area contributed by atoms with Crippen LogP contribution in [0.2, 0.25) is 0 Å². The summed E-state index contributed by atoms with van der Waals surface area (Å²) in [5.41, 5.74) is 1.25. The molecule has 3 amide bonds. The molecule has 0 aromatic heterocycles. The number of hydrogen-bond donors (Lipinski definition) is 2. The summed E-state index contributed by atoms with van der Waals surface area (Å²) >= 11 is 0. The quantitative estimate of drug-likeness (QED) is 0.300. The Morgan fingerprint density at radius 2 is 1.79 bits per heavy atom. The Balaban J connectivity index is 1.48. The molecule has 1 heterocycles. The number of anilines is 1. The van der Waals surface area contributed by atoms with Crippen LogP contribution in [0.5, 0.6) is 0 Å². The molecule has 3 unspecified atom stereocenters. The van der Waals surface area contributed by atoms with E-state index < -0.39 is 12.1 Å². The third-order valence-electron chi connectivity index (χ3n) is 7.28. The van der Waals surface area contributed by atoms with Gasteiger partial charge in [-0.05, 0) is 62.1 Å². The SMILES string of the molecule is C=C(C)C(=O)OCCOC(=O)NC1CC(C)(C)CC(C)(CNC(=O)N2CCN(c3cc[c]cc3)CC2C)C1. The highest BCUT2D eigenvalue weighted by Gasteiger charge is 2.42. The number of rotatable bonds is 8. The molecule has 1 saturated carbocycles. The summed E-state index contributed by atoms with van der Waals surface area (Å²) in [6, 6.07) is 10.9. The molecule has 38 heavy (non-hydrogen) atoms. The monoisotopic (exact) mass is 527 g/mol. The van der Waals surface area contributed by atoms with Crippen molar-refractivity contribution in [2.45, 2.75) is 66.0 Å². The molecule has 9 heteroatoms. The number of nitrogens with one attached hydrogen (secondary N) is 2. The van der Waals surface area contributed by atoms with Gasteiger partial charge in [0.05, 0.1) is 0 Å². The van der Waals surface area contributed by atoms with Crippen LogP contribution in [-0.2, 0) is 14.3 Å². The molecule has 2 fully saturated rings. The van der Waals surface area contributed by atoms with Crippen LogP contribution in [0, 0.1) is 16.9 Å². The fourth-order valence-electron chi connectivity index (χ4n) is 5.94. The molecule has 0 spiro atoms. The molecule has 3 rings (SSSR count). The lowest BCUT2D eigenvalue weighted by atomic mass is 9.62. The Morgan fingerprint density at radius 3 is 2.45 bits per heavy atom. The molecule has 1 aromatic carbocycles. The first-order valence-electron chi connectivity index (χ1n) is 13.4. The number of amides is 3. The maximum absolute atomic E-state index is 13.2. The van der Waals surface area contributed by atoms with Gasteiger partial charge in [-0.15, -0.1) is 0 Å². The second-order valence-corrected chi connectivity index (χ2v) is 11.9. The van der Waals surface area contributed by atoms with Crippen molar-refractivity contribution >= 4 is 23.8 Å². The molecule has 1 saturated heterocycles. The van der Waals surface area contributed by atoms with Gasteiger partial charge >= 0.3 is 18.1 Å². The van der Waals surface area contributed by atoms with Crippen LogP contribution in [-0.4, -0.2) is 74.5 Å². The average Bonchev–Trinajstić information content (AvgIpc) is 2.84. The van der Waals surface area contributed by atoms with E-state index in [4.69, 9.17) is 9.47 Å². The van der Waals surface area contributed by atoms with Crippen LogP contribution in [0.25, 0.3) is 0 Å². The highest BCUT2D eigenvalue weighted by atomic mass is 16.6. The third-order valence-corrected chi connectivity index (χ3v) is 7.28. The molecule has 2 N–H and O–H groups in total. The van der Waals surface area contributed by atoms with Gasteiger partial charge in [-0.1, -0.05) is 39.5 Å². The zero-order chi connectivity index (χ0) is 27.9. The summed E-state index contributed by atoms with van der Waals surface area (Å²) in [5, 5.41) is 6.15. The van der Waals surface area contributed by atoms with Crippen molar-refractivity contribution in [1.82, 2.24) is 15.5 Å². The van der Waals surface area contributed by atoms with E-state index in [1.165, 1.54) is 0 Å². The van der Waals surface area contributed by atoms with Crippen molar-refractivity contribution in [1.29, 1.82) is 0 Å². The number of piperazine rings is 1. The molecule has 1 aliphatic carbocycles. The van der Waals surface area contributed by atoms with E-state index in [0.29, 0.717) is 18.7 Å². The molecule has 209 valence electrons. The molecular weight excluding hydrogens is 484 g/mol. The summed E-state index contributed by atoms with van der Waals surface area (Å²) < 4.78 is 10.2. The first kappa shape index (κ1) is 29.3. The zero-order valence-corrected chi connectivity index (χ0v) is 23.5. The van der Waals surface area contributed by atoms with E-state index in [1.54, 1.807) is 6.92 Å². The minimum atomic E-state index is -0.534. The Labute approximate surface area is 226 Å². The highest BCUT2D eigenvalue weighted by molar-refractivity contribution is 5.86. The minimum absolute atomic E-state index is 0.0152. The number of carbonyl (C=O) groups is 3. The minimum Gasteiger partial charge on any atom is -0.459 e. The van der Waals surface area contributed by atoms with E-state index in [-0.39, 0.29) is 42.2 Å². The third kappa shape index (κ3) is 8.39. The highest BCUT2D eigenvalue weighted by Crippen LogP contribution is 2.45. The second-order valence-electron chi connectivity index (χ2n) is 11.9. The van der Waals surface area contributed by atoms with Crippen LogP contribution in [0.15, 0.2) is 36.4 Å². The Bertz CT molecular complexity index is 998. The standard InChI is InChI=1S/C29H43N4O5/c1-21(2)25(34)37-14-15-38-27(36)31-23-16-28(4,5)19-29(6,17-23)20-30-26(35)33-13-12-32(18-22(33)3)24-10-8-7-9-11-24/h8-11,22-23H,1,12-20H2,2-6H3,(H,30,35)(H,31,36). The maximum atomic E-state index is 13.2. The Hall–Kier alpha value is -3.23. The molecule has 9 nitrogen and oxygen atoms in total. The van der Waals surface area contributed by atoms with Gasteiger partial charge in [-0.3, -0.25) is 0 Å². The van der Waals surface area contributed by atoms with Crippen LogP contribution in [0.1, 0.15) is 53.9 Å². The van der Waals surface area contributed by atoms with E-state index >= 15 is 0 Å². The predicted molar refractivity (Wildman–Crippen MR) is 147 cm³/mol. The van der Waals surface area contributed by atoms with Crippen molar-refractivity contribution in [2.75, 3.05) is 44.3 Å². The topological polar surface area (TPSA) is 100 Å².